The van der Waals surface area contributed by atoms with Crippen LogP contribution in [0.5, 0.6) is 0 Å². The Balaban J connectivity index is 2.32. The normalized spacial score (nSPS) is 45.1. The standard InChI is InChI=1S/C11H16O6/c1-11(15)3-6(12)7-5(9(13)16-2)4-17-10(14)8(7)11/h5-8,12,15H,3-4H2,1-2H3. The minimum Gasteiger partial charge on any atom is -0.469 e. The van der Waals surface area contributed by atoms with Crippen molar-refractivity contribution in [2.24, 2.45) is 17.8 Å². The maximum Gasteiger partial charge on any atom is 0.312 e. The summed E-state index contributed by atoms with van der Waals surface area (Å²) < 4.78 is 9.53. The van der Waals surface area contributed by atoms with E-state index in [0.29, 0.717) is 0 Å². The van der Waals surface area contributed by atoms with Crippen molar-refractivity contribution >= 4 is 11.9 Å². The van der Waals surface area contributed by atoms with Crippen LogP contribution in [-0.2, 0) is 19.1 Å². The Kier molecular flexibility index (Phi) is 2.87. The van der Waals surface area contributed by atoms with Gasteiger partial charge in [-0.1, -0.05) is 0 Å². The lowest BCUT2D eigenvalue weighted by molar-refractivity contribution is -0.178. The molecular weight excluding hydrogens is 228 g/mol. The lowest BCUT2D eigenvalue weighted by Gasteiger charge is -2.35. The number of carbonyl (C=O) groups excluding carboxylic acids is 2. The average Bonchev–Trinajstić information content (AvgIpc) is 2.50. The van der Waals surface area contributed by atoms with Crippen molar-refractivity contribution in [2.45, 2.75) is 25.0 Å². The van der Waals surface area contributed by atoms with Crippen molar-refractivity contribution in [3.63, 3.8) is 0 Å². The van der Waals surface area contributed by atoms with E-state index in [2.05, 4.69) is 4.74 Å². The first-order valence-electron chi connectivity index (χ1n) is 5.53. The van der Waals surface area contributed by atoms with Crippen LogP contribution in [-0.4, -0.2) is 47.6 Å². The largest absolute Gasteiger partial charge is 0.469 e. The predicted octanol–water partition coefficient (Wildman–Crippen LogP) is -0.920. The van der Waals surface area contributed by atoms with Crippen molar-refractivity contribution in [1.82, 2.24) is 0 Å². The van der Waals surface area contributed by atoms with Gasteiger partial charge in [-0.05, 0) is 6.92 Å². The summed E-state index contributed by atoms with van der Waals surface area (Å²) in [5.41, 5.74) is -1.34. The summed E-state index contributed by atoms with van der Waals surface area (Å²) in [5, 5.41) is 20.0. The van der Waals surface area contributed by atoms with Crippen molar-refractivity contribution < 1.29 is 29.3 Å². The Morgan fingerprint density at radius 2 is 2.24 bits per heavy atom. The fourth-order valence-corrected chi connectivity index (χ4v) is 2.98. The molecule has 5 unspecified atom stereocenters. The van der Waals surface area contributed by atoms with Crippen LogP contribution in [0.3, 0.4) is 0 Å². The topological polar surface area (TPSA) is 93.1 Å². The number of aliphatic hydroxyl groups is 2. The fourth-order valence-electron chi connectivity index (χ4n) is 2.98. The highest BCUT2D eigenvalue weighted by Crippen LogP contribution is 2.47. The molecule has 0 aromatic carbocycles. The molecule has 6 heteroatoms. The second-order valence-electron chi connectivity index (χ2n) is 4.94. The van der Waals surface area contributed by atoms with E-state index in [4.69, 9.17) is 4.74 Å². The number of cyclic esters (lactones) is 1. The first-order valence-corrected chi connectivity index (χ1v) is 5.53. The smallest absolute Gasteiger partial charge is 0.312 e. The zero-order valence-corrected chi connectivity index (χ0v) is 9.75. The Morgan fingerprint density at radius 3 is 2.82 bits per heavy atom. The van der Waals surface area contributed by atoms with Gasteiger partial charge in [0.1, 0.15) is 6.61 Å². The third-order valence-corrected chi connectivity index (χ3v) is 3.75. The molecule has 0 radical (unpaired) electrons. The lowest BCUT2D eigenvalue weighted by Crippen LogP contribution is -2.49. The third kappa shape index (κ3) is 1.81. The summed E-state index contributed by atoms with van der Waals surface area (Å²) in [5.74, 6) is -3.28. The molecule has 1 aliphatic heterocycles. The van der Waals surface area contributed by atoms with Gasteiger partial charge in [0.05, 0.1) is 30.7 Å². The fraction of sp³-hybridized carbons (Fsp3) is 0.818. The van der Waals surface area contributed by atoms with Crippen LogP contribution in [0, 0.1) is 17.8 Å². The number of carbonyl (C=O) groups is 2. The summed E-state index contributed by atoms with van der Waals surface area (Å²) in [6.45, 7) is 1.38. The minimum absolute atomic E-state index is 0.0604. The summed E-state index contributed by atoms with van der Waals surface area (Å²) in [6, 6.07) is 0. The molecular formula is C11H16O6. The van der Waals surface area contributed by atoms with Gasteiger partial charge in [0.2, 0.25) is 0 Å². The van der Waals surface area contributed by atoms with E-state index < -0.39 is 41.4 Å². The third-order valence-electron chi connectivity index (χ3n) is 3.75. The molecule has 96 valence electrons. The van der Waals surface area contributed by atoms with Gasteiger partial charge in [-0.2, -0.15) is 0 Å². The van der Waals surface area contributed by atoms with Crippen LogP contribution >= 0.6 is 0 Å². The molecule has 1 heterocycles. The van der Waals surface area contributed by atoms with E-state index in [9.17, 15) is 19.8 Å². The molecule has 0 amide bonds. The minimum atomic E-state index is -1.34. The first-order chi connectivity index (χ1) is 7.88. The van der Waals surface area contributed by atoms with E-state index in [0.717, 1.165) is 0 Å². The number of hydrogen-bond acceptors (Lipinski definition) is 6. The monoisotopic (exact) mass is 244 g/mol. The van der Waals surface area contributed by atoms with E-state index in [-0.39, 0.29) is 13.0 Å². The summed E-state index contributed by atoms with van der Waals surface area (Å²) in [6.07, 6.45) is -0.836. The molecule has 1 saturated heterocycles. The van der Waals surface area contributed by atoms with E-state index in [1.54, 1.807) is 0 Å². The SMILES string of the molecule is COC(=O)C1COC(=O)C2C1C(O)CC2(C)O. The average molecular weight is 244 g/mol. The van der Waals surface area contributed by atoms with E-state index in [1.165, 1.54) is 14.0 Å². The molecule has 0 aromatic heterocycles. The van der Waals surface area contributed by atoms with Gasteiger partial charge >= 0.3 is 11.9 Å². The van der Waals surface area contributed by atoms with Crippen molar-refractivity contribution in [3.05, 3.63) is 0 Å². The van der Waals surface area contributed by atoms with Gasteiger partial charge in [-0.25, -0.2) is 0 Å². The van der Waals surface area contributed by atoms with Crippen molar-refractivity contribution in [3.8, 4) is 0 Å². The molecule has 2 aliphatic rings. The molecule has 0 bridgehead atoms. The van der Waals surface area contributed by atoms with Crippen LogP contribution in [0.25, 0.3) is 0 Å². The van der Waals surface area contributed by atoms with Crippen LogP contribution in [0.1, 0.15) is 13.3 Å². The molecule has 0 spiro atoms. The van der Waals surface area contributed by atoms with E-state index >= 15 is 0 Å². The summed E-state index contributed by atoms with van der Waals surface area (Å²) in [7, 11) is 1.24. The highest BCUT2D eigenvalue weighted by atomic mass is 16.5. The maximum absolute atomic E-state index is 11.6. The Bertz CT molecular complexity index is 350. The predicted molar refractivity (Wildman–Crippen MR) is 54.7 cm³/mol. The lowest BCUT2D eigenvalue weighted by atomic mass is 9.77. The second kappa shape index (κ2) is 3.96. The van der Waals surface area contributed by atoms with Gasteiger partial charge in [0.25, 0.3) is 0 Å². The van der Waals surface area contributed by atoms with Crippen LogP contribution in [0.15, 0.2) is 0 Å². The van der Waals surface area contributed by atoms with Gasteiger partial charge in [0, 0.05) is 12.3 Å². The summed E-state index contributed by atoms with van der Waals surface area (Å²) >= 11 is 0. The van der Waals surface area contributed by atoms with Crippen molar-refractivity contribution in [1.29, 1.82) is 0 Å². The Morgan fingerprint density at radius 1 is 1.59 bits per heavy atom. The zero-order chi connectivity index (χ0) is 12.8. The Hall–Kier alpha value is -1.14. The highest BCUT2D eigenvalue weighted by molar-refractivity contribution is 5.81. The molecule has 5 atom stereocenters. The number of esters is 2. The first kappa shape index (κ1) is 12.3. The molecule has 1 saturated carbocycles. The van der Waals surface area contributed by atoms with E-state index in [1.807, 2.05) is 0 Å². The van der Waals surface area contributed by atoms with Gasteiger partial charge in [-0.15, -0.1) is 0 Å². The van der Waals surface area contributed by atoms with Crippen molar-refractivity contribution in [2.75, 3.05) is 13.7 Å². The second-order valence-corrected chi connectivity index (χ2v) is 4.94. The number of fused-ring (bicyclic) bond motifs is 1. The number of ether oxygens (including phenoxy) is 2. The molecule has 6 nitrogen and oxygen atoms in total. The van der Waals surface area contributed by atoms with Crippen LogP contribution < -0.4 is 0 Å². The number of methoxy groups -OCH3 is 1. The zero-order valence-electron chi connectivity index (χ0n) is 9.75. The number of hydrogen-bond donors (Lipinski definition) is 2. The van der Waals surface area contributed by atoms with Crippen LogP contribution in [0.4, 0.5) is 0 Å². The van der Waals surface area contributed by atoms with Gasteiger partial charge in [0.15, 0.2) is 0 Å². The molecule has 2 fully saturated rings. The highest BCUT2D eigenvalue weighted by Gasteiger charge is 2.60. The quantitative estimate of drug-likeness (QED) is 0.579. The maximum atomic E-state index is 11.6. The number of rotatable bonds is 1. The molecule has 2 rings (SSSR count). The number of aliphatic hydroxyl groups excluding tert-OH is 1. The Labute approximate surface area is 98.5 Å². The molecule has 1 aliphatic carbocycles. The molecule has 17 heavy (non-hydrogen) atoms. The van der Waals surface area contributed by atoms with Gasteiger partial charge in [-0.3, -0.25) is 9.59 Å². The van der Waals surface area contributed by atoms with Crippen LogP contribution in [0.2, 0.25) is 0 Å². The molecule has 0 aromatic rings. The van der Waals surface area contributed by atoms with Gasteiger partial charge < -0.3 is 19.7 Å². The summed E-state index contributed by atoms with van der Waals surface area (Å²) in [4.78, 5) is 23.2. The molecule has 2 N–H and O–H groups in total.